The SMILES string of the molecule is Cc1nn(C)c(C)c1-c1nnc(Cl)s1. The Morgan fingerprint density at radius 1 is 1.29 bits per heavy atom. The van der Waals surface area contributed by atoms with Crippen LogP contribution in [-0.2, 0) is 7.05 Å². The summed E-state index contributed by atoms with van der Waals surface area (Å²) in [5.74, 6) is 0. The highest BCUT2D eigenvalue weighted by atomic mass is 35.5. The highest BCUT2D eigenvalue weighted by Crippen LogP contribution is 2.30. The Hall–Kier alpha value is -0.940. The van der Waals surface area contributed by atoms with Crippen LogP contribution < -0.4 is 0 Å². The van der Waals surface area contributed by atoms with Gasteiger partial charge in [-0.1, -0.05) is 11.3 Å². The van der Waals surface area contributed by atoms with Crippen LogP contribution in [0.4, 0.5) is 0 Å². The van der Waals surface area contributed by atoms with Gasteiger partial charge in [-0.3, -0.25) is 4.68 Å². The molecule has 0 unspecified atom stereocenters. The predicted octanol–water partition coefficient (Wildman–Crippen LogP) is 2.21. The van der Waals surface area contributed by atoms with E-state index < -0.39 is 0 Å². The first-order valence-electron chi connectivity index (χ1n) is 4.09. The number of aryl methyl sites for hydroxylation is 2. The van der Waals surface area contributed by atoms with Gasteiger partial charge in [0.05, 0.1) is 11.3 Å². The molecule has 0 fully saturated rings. The third kappa shape index (κ3) is 1.42. The Balaban J connectivity index is 2.61. The van der Waals surface area contributed by atoms with Gasteiger partial charge >= 0.3 is 0 Å². The number of nitrogens with zero attached hydrogens (tertiary/aromatic N) is 4. The van der Waals surface area contributed by atoms with Crippen molar-refractivity contribution < 1.29 is 0 Å². The lowest BCUT2D eigenvalue weighted by Crippen LogP contribution is -1.92. The maximum absolute atomic E-state index is 5.74. The van der Waals surface area contributed by atoms with Crippen LogP contribution in [0.15, 0.2) is 0 Å². The third-order valence-electron chi connectivity index (χ3n) is 2.12. The molecule has 0 saturated carbocycles. The van der Waals surface area contributed by atoms with E-state index >= 15 is 0 Å². The summed E-state index contributed by atoms with van der Waals surface area (Å²) >= 11 is 7.11. The van der Waals surface area contributed by atoms with Crippen LogP contribution in [0.2, 0.25) is 4.47 Å². The molecule has 4 nitrogen and oxygen atoms in total. The van der Waals surface area contributed by atoms with Crippen molar-refractivity contribution in [2.45, 2.75) is 13.8 Å². The van der Waals surface area contributed by atoms with Crippen molar-refractivity contribution in [1.82, 2.24) is 20.0 Å². The van der Waals surface area contributed by atoms with E-state index in [-0.39, 0.29) is 0 Å². The van der Waals surface area contributed by atoms with Crippen LogP contribution in [0.25, 0.3) is 10.6 Å². The zero-order valence-electron chi connectivity index (χ0n) is 8.08. The van der Waals surface area contributed by atoms with Crippen molar-refractivity contribution in [3.05, 3.63) is 15.9 Å². The average molecular weight is 229 g/mol. The fourth-order valence-electron chi connectivity index (χ4n) is 1.39. The predicted molar refractivity (Wildman–Crippen MR) is 56.6 cm³/mol. The summed E-state index contributed by atoms with van der Waals surface area (Å²) in [6.45, 7) is 3.96. The summed E-state index contributed by atoms with van der Waals surface area (Å²) < 4.78 is 2.29. The minimum absolute atomic E-state index is 0.461. The lowest BCUT2D eigenvalue weighted by Gasteiger charge is -1.94. The van der Waals surface area contributed by atoms with Gasteiger partial charge in [-0.05, 0) is 25.4 Å². The zero-order chi connectivity index (χ0) is 10.3. The van der Waals surface area contributed by atoms with Gasteiger partial charge in [-0.15, -0.1) is 10.2 Å². The Bertz CT molecular complexity index is 474. The van der Waals surface area contributed by atoms with Gasteiger partial charge in [0.25, 0.3) is 0 Å². The van der Waals surface area contributed by atoms with Crippen LogP contribution in [-0.4, -0.2) is 20.0 Å². The number of hydrogen-bond acceptors (Lipinski definition) is 4. The highest BCUT2D eigenvalue weighted by Gasteiger charge is 2.15. The first-order chi connectivity index (χ1) is 6.59. The molecule has 0 bridgehead atoms. The molecule has 0 saturated heterocycles. The quantitative estimate of drug-likeness (QED) is 0.752. The Kier molecular flexibility index (Phi) is 2.28. The average Bonchev–Trinajstić information content (AvgIpc) is 2.60. The van der Waals surface area contributed by atoms with Crippen LogP contribution in [0.5, 0.6) is 0 Å². The van der Waals surface area contributed by atoms with Gasteiger partial charge in [0.15, 0.2) is 5.01 Å². The lowest BCUT2D eigenvalue weighted by atomic mass is 10.2. The van der Waals surface area contributed by atoms with E-state index in [1.54, 1.807) is 0 Å². The lowest BCUT2D eigenvalue weighted by molar-refractivity contribution is 0.731. The zero-order valence-corrected chi connectivity index (χ0v) is 9.65. The smallest absolute Gasteiger partial charge is 0.207 e. The molecule has 0 aromatic carbocycles. The fraction of sp³-hybridized carbons (Fsp3) is 0.375. The molecular weight excluding hydrogens is 220 g/mol. The molecule has 2 aromatic rings. The fourth-order valence-corrected chi connectivity index (χ4v) is 2.37. The Morgan fingerprint density at radius 2 is 2.00 bits per heavy atom. The van der Waals surface area contributed by atoms with E-state index in [0.29, 0.717) is 4.47 Å². The second-order valence-corrected chi connectivity index (χ2v) is 4.59. The van der Waals surface area contributed by atoms with Crippen LogP contribution >= 0.6 is 22.9 Å². The summed E-state index contributed by atoms with van der Waals surface area (Å²) in [5.41, 5.74) is 3.07. The highest BCUT2D eigenvalue weighted by molar-refractivity contribution is 7.18. The van der Waals surface area contributed by atoms with Crippen molar-refractivity contribution >= 4 is 22.9 Å². The molecule has 14 heavy (non-hydrogen) atoms. The molecule has 2 rings (SSSR count). The van der Waals surface area contributed by atoms with Gasteiger partial charge < -0.3 is 0 Å². The second-order valence-electron chi connectivity index (χ2n) is 3.03. The molecule has 0 spiro atoms. The van der Waals surface area contributed by atoms with Crippen LogP contribution in [0.3, 0.4) is 0 Å². The van der Waals surface area contributed by atoms with Crippen LogP contribution in [0.1, 0.15) is 11.4 Å². The normalized spacial score (nSPS) is 10.9. The van der Waals surface area contributed by atoms with Crippen molar-refractivity contribution in [2.75, 3.05) is 0 Å². The maximum atomic E-state index is 5.74. The van der Waals surface area contributed by atoms with E-state index in [9.17, 15) is 0 Å². The molecule has 0 radical (unpaired) electrons. The Labute approximate surface area is 90.5 Å². The topological polar surface area (TPSA) is 43.6 Å². The van der Waals surface area contributed by atoms with Gasteiger partial charge in [-0.2, -0.15) is 5.10 Å². The number of rotatable bonds is 1. The van der Waals surface area contributed by atoms with E-state index in [1.807, 2.05) is 25.6 Å². The first-order valence-corrected chi connectivity index (χ1v) is 5.28. The minimum atomic E-state index is 0.461. The molecule has 2 heterocycles. The summed E-state index contributed by atoms with van der Waals surface area (Å²) in [6.07, 6.45) is 0. The summed E-state index contributed by atoms with van der Waals surface area (Å²) in [5, 5.41) is 12.9. The van der Waals surface area contributed by atoms with Gasteiger partial charge in [-0.25, -0.2) is 0 Å². The van der Waals surface area contributed by atoms with Crippen molar-refractivity contribution in [3.63, 3.8) is 0 Å². The summed E-state index contributed by atoms with van der Waals surface area (Å²) in [7, 11) is 1.91. The van der Waals surface area contributed by atoms with E-state index in [4.69, 9.17) is 11.6 Å². The van der Waals surface area contributed by atoms with Crippen molar-refractivity contribution in [2.24, 2.45) is 7.05 Å². The van der Waals surface area contributed by atoms with E-state index in [0.717, 1.165) is 22.0 Å². The monoisotopic (exact) mass is 228 g/mol. The molecule has 0 atom stereocenters. The molecule has 74 valence electrons. The molecule has 6 heteroatoms. The van der Waals surface area contributed by atoms with Crippen molar-refractivity contribution in [1.29, 1.82) is 0 Å². The van der Waals surface area contributed by atoms with Gasteiger partial charge in [0, 0.05) is 12.7 Å². The maximum Gasteiger partial charge on any atom is 0.207 e. The minimum Gasteiger partial charge on any atom is -0.272 e. The van der Waals surface area contributed by atoms with Gasteiger partial charge in [0.1, 0.15) is 0 Å². The molecule has 0 aliphatic carbocycles. The number of halogens is 1. The van der Waals surface area contributed by atoms with Gasteiger partial charge in [0.2, 0.25) is 4.47 Å². The number of hydrogen-bond donors (Lipinski definition) is 0. The third-order valence-corrected chi connectivity index (χ3v) is 3.16. The van der Waals surface area contributed by atoms with E-state index in [1.165, 1.54) is 11.3 Å². The largest absolute Gasteiger partial charge is 0.272 e. The van der Waals surface area contributed by atoms with Crippen molar-refractivity contribution in [3.8, 4) is 10.6 Å². The molecule has 2 aromatic heterocycles. The second kappa shape index (κ2) is 3.33. The summed E-state index contributed by atoms with van der Waals surface area (Å²) in [6, 6.07) is 0. The Morgan fingerprint density at radius 3 is 2.43 bits per heavy atom. The first kappa shape index (κ1) is 9.61. The molecule has 0 N–H and O–H groups in total. The summed E-state index contributed by atoms with van der Waals surface area (Å²) in [4.78, 5) is 0. The van der Waals surface area contributed by atoms with E-state index in [2.05, 4.69) is 15.3 Å². The standard InChI is InChI=1S/C8H9ClN4S/c1-4-6(5(2)13(3)12-4)7-10-11-8(9)14-7/h1-3H3. The van der Waals surface area contributed by atoms with Crippen LogP contribution in [0, 0.1) is 13.8 Å². The molecule has 0 aliphatic rings. The molecule has 0 amide bonds. The number of aromatic nitrogens is 4. The molecular formula is C8H9ClN4S. The molecule has 0 aliphatic heterocycles.